The zero-order chi connectivity index (χ0) is 14.8. The van der Waals surface area contributed by atoms with Crippen molar-refractivity contribution >= 4 is 11.6 Å². The number of para-hydroxylation sites is 2. The summed E-state index contributed by atoms with van der Waals surface area (Å²) in [7, 11) is 0. The average Bonchev–Trinajstić information content (AvgIpc) is 2.67. The highest BCUT2D eigenvalue weighted by atomic mass is 16.3. The van der Waals surface area contributed by atoms with E-state index >= 15 is 0 Å². The van der Waals surface area contributed by atoms with Gasteiger partial charge in [-0.25, -0.2) is 0 Å². The monoisotopic (exact) mass is 282 g/mol. The van der Waals surface area contributed by atoms with Crippen molar-refractivity contribution in [1.29, 1.82) is 0 Å². The van der Waals surface area contributed by atoms with Gasteiger partial charge in [0.15, 0.2) is 0 Å². The fourth-order valence-electron chi connectivity index (χ4n) is 2.64. The molecule has 1 heterocycles. The summed E-state index contributed by atoms with van der Waals surface area (Å²) in [5.74, 6) is -0.152. The molecule has 3 rings (SSSR count). The van der Waals surface area contributed by atoms with Crippen molar-refractivity contribution in [2.75, 3.05) is 11.4 Å². The van der Waals surface area contributed by atoms with E-state index in [1.807, 2.05) is 24.3 Å². The second kappa shape index (κ2) is 5.58. The predicted octanol–water partition coefficient (Wildman–Crippen LogP) is 2.53. The summed E-state index contributed by atoms with van der Waals surface area (Å²) >= 11 is 0. The van der Waals surface area contributed by atoms with Gasteiger partial charge < -0.3 is 15.3 Å². The maximum absolute atomic E-state index is 12.8. The average molecular weight is 282 g/mol. The highest BCUT2D eigenvalue weighted by Gasteiger charge is 2.26. The highest BCUT2D eigenvalue weighted by Crippen LogP contribution is 2.27. The Morgan fingerprint density at radius 2 is 1.90 bits per heavy atom. The van der Waals surface area contributed by atoms with E-state index in [0.29, 0.717) is 12.1 Å². The summed E-state index contributed by atoms with van der Waals surface area (Å²) in [4.78, 5) is 14.6. The number of carbonyl (C=O) groups is 1. The number of rotatable bonds is 1. The van der Waals surface area contributed by atoms with Gasteiger partial charge in [-0.15, -0.1) is 0 Å². The molecule has 0 saturated heterocycles. The van der Waals surface area contributed by atoms with Crippen LogP contribution in [0, 0.1) is 0 Å². The first kappa shape index (κ1) is 13.6. The standard InChI is InChI=1S/C17H18N2O2/c1-12-11-19(15-8-4-2-6-13(15)10-18-12)17(21)14-7-3-5-9-16(14)20/h2-9,12,18,20H,10-11H2,1H3. The Kier molecular flexibility index (Phi) is 3.62. The van der Waals surface area contributed by atoms with Crippen molar-refractivity contribution < 1.29 is 9.90 Å². The first-order valence-corrected chi connectivity index (χ1v) is 7.08. The molecule has 4 heteroatoms. The Labute approximate surface area is 124 Å². The lowest BCUT2D eigenvalue weighted by atomic mass is 10.1. The number of nitrogens with one attached hydrogen (secondary N) is 1. The van der Waals surface area contributed by atoms with Crippen LogP contribution in [-0.4, -0.2) is 23.6 Å². The van der Waals surface area contributed by atoms with Crippen LogP contribution in [0.2, 0.25) is 0 Å². The zero-order valence-electron chi connectivity index (χ0n) is 11.9. The molecule has 0 bridgehead atoms. The number of phenols is 1. The van der Waals surface area contributed by atoms with Gasteiger partial charge >= 0.3 is 0 Å². The second-order valence-electron chi connectivity index (χ2n) is 5.34. The number of aromatic hydroxyl groups is 1. The fourth-order valence-corrected chi connectivity index (χ4v) is 2.64. The van der Waals surface area contributed by atoms with Crippen LogP contribution in [0.1, 0.15) is 22.8 Å². The number of carbonyl (C=O) groups excluding carboxylic acids is 1. The van der Waals surface area contributed by atoms with Gasteiger partial charge in [0.05, 0.1) is 5.56 Å². The lowest BCUT2D eigenvalue weighted by Crippen LogP contribution is -2.39. The van der Waals surface area contributed by atoms with Gasteiger partial charge in [0.1, 0.15) is 5.75 Å². The van der Waals surface area contributed by atoms with Crippen molar-refractivity contribution in [1.82, 2.24) is 5.32 Å². The summed E-state index contributed by atoms with van der Waals surface area (Å²) in [6.45, 7) is 3.36. The number of nitrogens with zero attached hydrogens (tertiary/aromatic N) is 1. The molecule has 2 N–H and O–H groups in total. The molecule has 1 aliphatic rings. The quantitative estimate of drug-likeness (QED) is 0.845. The molecule has 0 saturated carbocycles. The maximum atomic E-state index is 12.8. The Bertz CT molecular complexity index is 669. The van der Waals surface area contributed by atoms with Gasteiger partial charge in [-0.3, -0.25) is 4.79 Å². The van der Waals surface area contributed by atoms with Crippen molar-refractivity contribution in [3.63, 3.8) is 0 Å². The third-order valence-electron chi connectivity index (χ3n) is 3.76. The second-order valence-corrected chi connectivity index (χ2v) is 5.34. The van der Waals surface area contributed by atoms with Gasteiger partial charge in [0.2, 0.25) is 0 Å². The molecule has 1 unspecified atom stereocenters. The molecule has 1 amide bonds. The van der Waals surface area contributed by atoms with E-state index < -0.39 is 0 Å². The van der Waals surface area contributed by atoms with E-state index in [9.17, 15) is 9.90 Å². The SMILES string of the molecule is CC1CN(C(=O)c2ccccc2O)c2ccccc2CN1. The van der Waals surface area contributed by atoms with Crippen LogP contribution in [0.15, 0.2) is 48.5 Å². The van der Waals surface area contributed by atoms with Crippen molar-refractivity contribution in [3.8, 4) is 5.75 Å². The van der Waals surface area contributed by atoms with Gasteiger partial charge in [-0.2, -0.15) is 0 Å². The molecule has 0 spiro atoms. The molecule has 108 valence electrons. The largest absolute Gasteiger partial charge is 0.507 e. The number of hydrogen-bond donors (Lipinski definition) is 2. The predicted molar refractivity (Wildman–Crippen MR) is 82.5 cm³/mol. The van der Waals surface area contributed by atoms with Gasteiger partial charge in [0.25, 0.3) is 5.91 Å². The number of benzene rings is 2. The van der Waals surface area contributed by atoms with Crippen LogP contribution in [0.25, 0.3) is 0 Å². The number of fused-ring (bicyclic) bond motifs is 1. The zero-order valence-corrected chi connectivity index (χ0v) is 11.9. The van der Waals surface area contributed by atoms with E-state index in [0.717, 1.165) is 17.8 Å². The molecular weight excluding hydrogens is 264 g/mol. The fraction of sp³-hybridized carbons (Fsp3) is 0.235. The number of anilines is 1. The first-order chi connectivity index (χ1) is 10.2. The Hall–Kier alpha value is -2.33. The van der Waals surface area contributed by atoms with E-state index in [4.69, 9.17) is 0 Å². The van der Waals surface area contributed by atoms with Crippen LogP contribution < -0.4 is 10.2 Å². The van der Waals surface area contributed by atoms with Crippen LogP contribution in [-0.2, 0) is 6.54 Å². The molecular formula is C17H18N2O2. The van der Waals surface area contributed by atoms with Crippen molar-refractivity contribution in [2.45, 2.75) is 19.5 Å². The third-order valence-corrected chi connectivity index (χ3v) is 3.76. The van der Waals surface area contributed by atoms with Crippen LogP contribution in [0.3, 0.4) is 0 Å². The highest BCUT2D eigenvalue weighted by molar-refractivity contribution is 6.08. The lowest BCUT2D eigenvalue weighted by Gasteiger charge is -2.24. The van der Waals surface area contributed by atoms with E-state index in [1.165, 1.54) is 0 Å². The first-order valence-electron chi connectivity index (χ1n) is 7.08. The van der Waals surface area contributed by atoms with Crippen LogP contribution in [0.5, 0.6) is 5.75 Å². The number of phenolic OH excluding ortho intramolecular Hbond substituents is 1. The van der Waals surface area contributed by atoms with Gasteiger partial charge in [-0.05, 0) is 30.7 Å². The van der Waals surface area contributed by atoms with Crippen molar-refractivity contribution in [2.24, 2.45) is 0 Å². The molecule has 1 atom stereocenters. The van der Waals surface area contributed by atoms with Gasteiger partial charge in [0, 0.05) is 24.8 Å². The summed E-state index contributed by atoms with van der Waals surface area (Å²) < 4.78 is 0. The number of amides is 1. The minimum absolute atomic E-state index is 0.0184. The molecule has 2 aromatic carbocycles. The van der Waals surface area contributed by atoms with Crippen molar-refractivity contribution in [3.05, 3.63) is 59.7 Å². The van der Waals surface area contributed by atoms with E-state index in [1.54, 1.807) is 29.2 Å². The summed E-state index contributed by atoms with van der Waals surface area (Å²) in [6.07, 6.45) is 0. The maximum Gasteiger partial charge on any atom is 0.262 e. The summed E-state index contributed by atoms with van der Waals surface area (Å²) in [5, 5.41) is 13.3. The number of hydrogen-bond acceptors (Lipinski definition) is 3. The van der Waals surface area contributed by atoms with E-state index in [-0.39, 0.29) is 17.7 Å². The van der Waals surface area contributed by atoms with E-state index in [2.05, 4.69) is 12.2 Å². The molecule has 1 aliphatic heterocycles. The molecule has 4 nitrogen and oxygen atoms in total. The Balaban J connectivity index is 2.04. The molecule has 0 radical (unpaired) electrons. The van der Waals surface area contributed by atoms with Crippen LogP contribution in [0.4, 0.5) is 5.69 Å². The molecule has 0 aliphatic carbocycles. The smallest absolute Gasteiger partial charge is 0.262 e. The molecule has 2 aromatic rings. The molecule has 0 aromatic heterocycles. The Morgan fingerprint density at radius 3 is 2.71 bits per heavy atom. The topological polar surface area (TPSA) is 52.6 Å². The van der Waals surface area contributed by atoms with Gasteiger partial charge in [-0.1, -0.05) is 30.3 Å². The molecule has 0 fully saturated rings. The third kappa shape index (κ3) is 2.62. The Morgan fingerprint density at radius 1 is 1.19 bits per heavy atom. The summed E-state index contributed by atoms with van der Waals surface area (Å²) in [6, 6.07) is 14.7. The minimum Gasteiger partial charge on any atom is -0.507 e. The minimum atomic E-state index is -0.170. The molecule has 21 heavy (non-hydrogen) atoms. The van der Waals surface area contributed by atoms with Crippen LogP contribution >= 0.6 is 0 Å². The summed E-state index contributed by atoms with van der Waals surface area (Å²) in [5.41, 5.74) is 2.33. The lowest BCUT2D eigenvalue weighted by molar-refractivity contribution is 0.0983. The normalized spacial score (nSPS) is 18.0.